The fourth-order valence-corrected chi connectivity index (χ4v) is 2.24. The van der Waals surface area contributed by atoms with Crippen LogP contribution in [0.3, 0.4) is 0 Å². The molecule has 0 unspecified atom stereocenters. The Balaban J connectivity index is 1.79. The van der Waals surface area contributed by atoms with E-state index in [1.807, 2.05) is 0 Å². The second kappa shape index (κ2) is 6.25. The first-order valence-electron chi connectivity index (χ1n) is 7.16. The molecule has 3 aromatic rings. The van der Waals surface area contributed by atoms with Crippen LogP contribution in [0.1, 0.15) is 12.8 Å². The maximum Gasteiger partial charge on any atom is 0.400 e. The summed E-state index contributed by atoms with van der Waals surface area (Å²) in [5.74, 6) is -1.05. The lowest BCUT2D eigenvalue weighted by Crippen LogP contribution is -2.36. The van der Waals surface area contributed by atoms with E-state index in [9.17, 15) is 18.4 Å². The molecular weight excluding hydrogens is 358 g/mol. The Hall–Kier alpha value is -2.81. The SMILES string of the molecule is CCNc1c(Nc2ccc(-c3noc(C(F)(F)Cl)n3)cc2)c(=O)c1=O. The Bertz CT molecular complexity index is 972. The van der Waals surface area contributed by atoms with Crippen molar-refractivity contribution < 1.29 is 13.3 Å². The molecule has 0 radical (unpaired) electrons. The van der Waals surface area contributed by atoms with Crippen LogP contribution in [-0.4, -0.2) is 16.7 Å². The number of nitrogens with zero attached hydrogens (tertiary/aromatic N) is 2. The molecule has 0 spiro atoms. The summed E-state index contributed by atoms with van der Waals surface area (Å²) in [4.78, 5) is 26.6. The van der Waals surface area contributed by atoms with Crippen molar-refractivity contribution in [3.63, 3.8) is 0 Å². The predicted molar refractivity (Wildman–Crippen MR) is 88.3 cm³/mol. The first kappa shape index (κ1) is 17.0. The second-order valence-electron chi connectivity index (χ2n) is 5.06. The van der Waals surface area contributed by atoms with Crippen molar-refractivity contribution in [2.24, 2.45) is 0 Å². The molecular formula is C15H11ClF2N4O3. The van der Waals surface area contributed by atoms with Crippen molar-refractivity contribution in [2.75, 3.05) is 17.2 Å². The highest BCUT2D eigenvalue weighted by Gasteiger charge is 2.35. The number of aromatic nitrogens is 2. The van der Waals surface area contributed by atoms with Crippen LogP contribution < -0.4 is 21.5 Å². The molecule has 0 saturated heterocycles. The van der Waals surface area contributed by atoms with Crippen molar-refractivity contribution in [3.8, 4) is 11.4 Å². The number of rotatable bonds is 6. The van der Waals surface area contributed by atoms with Gasteiger partial charge in [0, 0.05) is 17.8 Å². The molecule has 0 fully saturated rings. The Morgan fingerprint density at radius 2 is 1.80 bits per heavy atom. The van der Waals surface area contributed by atoms with Crippen LogP contribution in [0, 0.1) is 0 Å². The molecule has 2 N–H and O–H groups in total. The molecule has 10 heteroatoms. The fraction of sp³-hybridized carbons (Fsp3) is 0.200. The van der Waals surface area contributed by atoms with Crippen LogP contribution in [0.4, 0.5) is 25.8 Å². The van der Waals surface area contributed by atoms with Gasteiger partial charge >= 0.3 is 11.3 Å². The third-order valence-corrected chi connectivity index (χ3v) is 3.51. The molecule has 0 amide bonds. The standard InChI is InChI=1S/C15H11ClF2N4O3/c1-2-19-9-10(12(24)11(9)23)20-8-5-3-7(4-6-8)13-21-14(25-22-13)15(16,17)18/h3-6,19-20H,2H2,1H3. The third-order valence-electron chi connectivity index (χ3n) is 3.34. The summed E-state index contributed by atoms with van der Waals surface area (Å²) < 4.78 is 30.2. The molecule has 0 aliphatic carbocycles. The van der Waals surface area contributed by atoms with Crippen LogP contribution in [0.25, 0.3) is 11.4 Å². The topological polar surface area (TPSA) is 97.1 Å². The van der Waals surface area contributed by atoms with E-state index < -0.39 is 22.1 Å². The molecule has 130 valence electrons. The van der Waals surface area contributed by atoms with Gasteiger partial charge in [-0.15, -0.1) is 0 Å². The highest BCUT2D eigenvalue weighted by Crippen LogP contribution is 2.32. The van der Waals surface area contributed by atoms with Crippen molar-refractivity contribution in [3.05, 3.63) is 50.6 Å². The summed E-state index contributed by atoms with van der Waals surface area (Å²) >= 11 is 4.82. The van der Waals surface area contributed by atoms with Crippen LogP contribution in [-0.2, 0) is 5.38 Å². The number of nitrogens with one attached hydrogen (secondary N) is 2. The van der Waals surface area contributed by atoms with E-state index in [0.717, 1.165) is 0 Å². The molecule has 1 aromatic heterocycles. The quantitative estimate of drug-likeness (QED) is 0.510. The Kier molecular flexibility index (Phi) is 4.25. The average Bonchev–Trinajstić information content (AvgIpc) is 3.08. The van der Waals surface area contributed by atoms with Crippen LogP contribution in [0.2, 0.25) is 0 Å². The van der Waals surface area contributed by atoms with Gasteiger partial charge in [-0.1, -0.05) is 5.16 Å². The zero-order valence-electron chi connectivity index (χ0n) is 12.8. The normalized spacial score (nSPS) is 11.7. The van der Waals surface area contributed by atoms with Gasteiger partial charge in [0.05, 0.1) is 0 Å². The first-order valence-corrected chi connectivity index (χ1v) is 7.54. The van der Waals surface area contributed by atoms with E-state index in [-0.39, 0.29) is 17.2 Å². The molecule has 0 bridgehead atoms. The highest BCUT2D eigenvalue weighted by atomic mass is 35.5. The van der Waals surface area contributed by atoms with E-state index in [1.54, 1.807) is 31.2 Å². The first-order chi connectivity index (χ1) is 11.8. The summed E-state index contributed by atoms with van der Waals surface area (Å²) in [7, 11) is 0. The number of hydrogen-bond acceptors (Lipinski definition) is 7. The van der Waals surface area contributed by atoms with Gasteiger partial charge in [0.25, 0.3) is 10.9 Å². The van der Waals surface area contributed by atoms with Gasteiger partial charge in [0.15, 0.2) is 0 Å². The second-order valence-corrected chi connectivity index (χ2v) is 5.54. The van der Waals surface area contributed by atoms with Gasteiger partial charge in [-0.2, -0.15) is 13.8 Å². The number of benzene rings is 1. The lowest BCUT2D eigenvalue weighted by Gasteiger charge is -2.13. The maximum absolute atomic E-state index is 12.9. The Morgan fingerprint density at radius 1 is 1.16 bits per heavy atom. The van der Waals surface area contributed by atoms with Crippen molar-refractivity contribution >= 4 is 28.7 Å². The van der Waals surface area contributed by atoms with E-state index in [0.29, 0.717) is 17.8 Å². The Labute approximate surface area is 144 Å². The van der Waals surface area contributed by atoms with Gasteiger partial charge in [0.1, 0.15) is 11.4 Å². The highest BCUT2D eigenvalue weighted by molar-refractivity contribution is 6.21. The predicted octanol–water partition coefficient (Wildman–Crippen LogP) is 2.80. The molecule has 0 aliphatic heterocycles. The van der Waals surface area contributed by atoms with Crippen LogP contribution >= 0.6 is 11.6 Å². The summed E-state index contributed by atoms with van der Waals surface area (Å²) in [5, 5.41) is 5.36. The monoisotopic (exact) mass is 368 g/mol. The molecule has 2 aromatic carbocycles. The van der Waals surface area contributed by atoms with Crippen molar-refractivity contribution in [1.82, 2.24) is 10.1 Å². The minimum absolute atomic E-state index is 0.0515. The van der Waals surface area contributed by atoms with Gasteiger partial charge in [0.2, 0.25) is 5.82 Å². The molecule has 0 saturated carbocycles. The van der Waals surface area contributed by atoms with Gasteiger partial charge < -0.3 is 15.2 Å². The summed E-state index contributed by atoms with van der Waals surface area (Å²) in [6.45, 7) is 2.31. The van der Waals surface area contributed by atoms with E-state index in [2.05, 4.69) is 25.3 Å². The zero-order valence-corrected chi connectivity index (χ0v) is 13.5. The van der Waals surface area contributed by atoms with Crippen LogP contribution in [0.5, 0.6) is 0 Å². The zero-order chi connectivity index (χ0) is 18.2. The molecule has 25 heavy (non-hydrogen) atoms. The third kappa shape index (κ3) is 3.22. The molecule has 1 heterocycles. The van der Waals surface area contributed by atoms with Crippen molar-refractivity contribution in [2.45, 2.75) is 12.3 Å². The summed E-state index contributed by atoms with van der Waals surface area (Å²) in [6.07, 6.45) is 0. The van der Waals surface area contributed by atoms with Gasteiger partial charge in [-0.05, 0) is 42.8 Å². The summed E-state index contributed by atoms with van der Waals surface area (Å²) in [5.41, 5.74) is 0.196. The summed E-state index contributed by atoms with van der Waals surface area (Å²) in [6, 6.07) is 6.25. The number of anilines is 3. The number of halogens is 3. The fourth-order valence-electron chi connectivity index (χ4n) is 2.16. The van der Waals surface area contributed by atoms with E-state index in [4.69, 9.17) is 11.6 Å². The smallest absolute Gasteiger partial charge is 0.380 e. The van der Waals surface area contributed by atoms with Gasteiger partial charge in [-0.25, -0.2) is 0 Å². The van der Waals surface area contributed by atoms with Crippen molar-refractivity contribution in [1.29, 1.82) is 0 Å². The van der Waals surface area contributed by atoms with E-state index >= 15 is 0 Å². The molecule has 0 atom stereocenters. The number of hydrogen-bond donors (Lipinski definition) is 2. The van der Waals surface area contributed by atoms with E-state index in [1.165, 1.54) is 0 Å². The molecule has 7 nitrogen and oxygen atoms in total. The Morgan fingerprint density at radius 3 is 2.36 bits per heavy atom. The number of alkyl halides is 3. The lowest BCUT2D eigenvalue weighted by molar-refractivity contribution is 0.0551. The average molecular weight is 369 g/mol. The van der Waals surface area contributed by atoms with Gasteiger partial charge in [-0.3, -0.25) is 9.59 Å². The molecule has 3 rings (SSSR count). The lowest BCUT2D eigenvalue weighted by atomic mass is 10.1. The minimum Gasteiger partial charge on any atom is -0.380 e. The largest absolute Gasteiger partial charge is 0.400 e. The minimum atomic E-state index is -3.74. The van der Waals surface area contributed by atoms with Crippen LogP contribution in [0.15, 0.2) is 38.4 Å². The molecule has 0 aliphatic rings. The maximum atomic E-state index is 12.9.